The van der Waals surface area contributed by atoms with E-state index < -0.39 is 0 Å². The Balaban J connectivity index is 2.15. The third-order valence-corrected chi connectivity index (χ3v) is 4.27. The second-order valence-electron chi connectivity index (χ2n) is 4.60. The number of thiophene rings is 1. The molecule has 3 nitrogen and oxygen atoms in total. The van der Waals surface area contributed by atoms with Crippen molar-refractivity contribution in [3.8, 4) is 0 Å². The zero-order valence-electron chi connectivity index (χ0n) is 12.0. The van der Waals surface area contributed by atoms with E-state index in [1.807, 2.05) is 51.1 Å². The lowest BCUT2D eigenvalue weighted by atomic mass is 10.2. The van der Waals surface area contributed by atoms with Crippen molar-refractivity contribution in [1.82, 2.24) is 0 Å². The quantitative estimate of drug-likeness (QED) is 0.897. The van der Waals surface area contributed by atoms with E-state index in [4.69, 9.17) is 4.74 Å². The van der Waals surface area contributed by atoms with Crippen molar-refractivity contribution in [2.24, 2.45) is 0 Å². The maximum absolute atomic E-state index is 12.3. The molecule has 106 valence electrons. The van der Waals surface area contributed by atoms with Gasteiger partial charge in [-0.1, -0.05) is 18.2 Å². The molecule has 0 saturated heterocycles. The molecule has 0 aliphatic heterocycles. The Morgan fingerprint density at radius 1 is 1.30 bits per heavy atom. The molecule has 4 heteroatoms. The Morgan fingerprint density at radius 3 is 2.70 bits per heavy atom. The van der Waals surface area contributed by atoms with Crippen LogP contribution in [0.25, 0.3) is 0 Å². The summed E-state index contributed by atoms with van der Waals surface area (Å²) in [5, 5.41) is 2.97. The molecular weight excluding hydrogens is 270 g/mol. The zero-order valence-corrected chi connectivity index (χ0v) is 12.8. The summed E-state index contributed by atoms with van der Waals surface area (Å²) >= 11 is 1.52. The number of carbonyl (C=O) groups excluding carboxylic acids is 1. The molecule has 1 amide bonds. The van der Waals surface area contributed by atoms with Gasteiger partial charge in [-0.3, -0.25) is 4.79 Å². The highest BCUT2D eigenvalue weighted by molar-refractivity contribution is 7.14. The predicted octanol–water partition coefficient (Wildman–Crippen LogP) is 4.15. The van der Waals surface area contributed by atoms with Crippen molar-refractivity contribution < 1.29 is 9.53 Å². The summed E-state index contributed by atoms with van der Waals surface area (Å²) < 4.78 is 5.42. The molecular formula is C16H19NO2S. The molecule has 0 saturated carbocycles. The number of para-hydroxylation sites is 1. The SMILES string of the molecule is CCOCc1ccccc1NC(=O)c1cc(C)c(C)s1. The molecule has 0 spiro atoms. The van der Waals surface area contributed by atoms with Gasteiger partial charge in [0, 0.05) is 22.7 Å². The summed E-state index contributed by atoms with van der Waals surface area (Å²) in [5.41, 5.74) is 2.96. The van der Waals surface area contributed by atoms with Crippen LogP contribution in [-0.4, -0.2) is 12.5 Å². The van der Waals surface area contributed by atoms with Crippen molar-refractivity contribution >= 4 is 22.9 Å². The highest BCUT2D eigenvalue weighted by Crippen LogP contribution is 2.23. The van der Waals surface area contributed by atoms with Crippen LogP contribution in [0.1, 0.15) is 32.6 Å². The maximum atomic E-state index is 12.3. The number of benzene rings is 1. The van der Waals surface area contributed by atoms with Gasteiger partial charge in [-0.05, 0) is 38.5 Å². The highest BCUT2D eigenvalue weighted by atomic mass is 32.1. The van der Waals surface area contributed by atoms with Gasteiger partial charge < -0.3 is 10.1 Å². The second-order valence-corrected chi connectivity index (χ2v) is 5.85. The van der Waals surface area contributed by atoms with Gasteiger partial charge in [0.05, 0.1) is 11.5 Å². The average Bonchev–Trinajstić information content (AvgIpc) is 2.78. The van der Waals surface area contributed by atoms with Gasteiger partial charge in [0.25, 0.3) is 5.91 Å². The fourth-order valence-corrected chi connectivity index (χ4v) is 2.78. The van der Waals surface area contributed by atoms with Crippen LogP contribution in [0.4, 0.5) is 5.69 Å². The number of aryl methyl sites for hydroxylation is 2. The second kappa shape index (κ2) is 6.68. The number of amides is 1. The highest BCUT2D eigenvalue weighted by Gasteiger charge is 2.12. The molecule has 0 aliphatic carbocycles. The van der Waals surface area contributed by atoms with E-state index in [0.29, 0.717) is 13.2 Å². The molecule has 0 aliphatic rings. The monoisotopic (exact) mass is 289 g/mol. The minimum Gasteiger partial charge on any atom is -0.377 e. The summed E-state index contributed by atoms with van der Waals surface area (Å²) in [6, 6.07) is 9.66. The lowest BCUT2D eigenvalue weighted by Crippen LogP contribution is -2.12. The van der Waals surface area contributed by atoms with Crippen molar-refractivity contribution in [2.75, 3.05) is 11.9 Å². The van der Waals surface area contributed by atoms with Crippen LogP contribution >= 0.6 is 11.3 Å². The first-order valence-electron chi connectivity index (χ1n) is 6.66. The molecule has 0 unspecified atom stereocenters. The lowest BCUT2D eigenvalue weighted by Gasteiger charge is -2.10. The molecule has 1 N–H and O–H groups in total. The Labute approximate surface area is 123 Å². The van der Waals surface area contributed by atoms with E-state index in [9.17, 15) is 4.79 Å². The van der Waals surface area contributed by atoms with Gasteiger partial charge in [0.2, 0.25) is 0 Å². The molecule has 0 radical (unpaired) electrons. The third kappa shape index (κ3) is 3.46. The van der Waals surface area contributed by atoms with Crippen LogP contribution in [0.2, 0.25) is 0 Å². The first-order chi connectivity index (χ1) is 9.61. The van der Waals surface area contributed by atoms with E-state index in [1.165, 1.54) is 16.2 Å². The Morgan fingerprint density at radius 2 is 2.05 bits per heavy atom. The maximum Gasteiger partial charge on any atom is 0.265 e. The fourth-order valence-electron chi connectivity index (χ4n) is 1.85. The summed E-state index contributed by atoms with van der Waals surface area (Å²) in [7, 11) is 0. The average molecular weight is 289 g/mol. The molecule has 0 atom stereocenters. The normalized spacial score (nSPS) is 10.6. The third-order valence-electron chi connectivity index (χ3n) is 3.12. The van der Waals surface area contributed by atoms with Gasteiger partial charge in [-0.25, -0.2) is 0 Å². The number of anilines is 1. The molecule has 1 heterocycles. The smallest absolute Gasteiger partial charge is 0.265 e. The largest absolute Gasteiger partial charge is 0.377 e. The summed E-state index contributed by atoms with van der Waals surface area (Å²) in [5.74, 6) is -0.0600. The van der Waals surface area contributed by atoms with Gasteiger partial charge in [0.1, 0.15) is 0 Å². The zero-order chi connectivity index (χ0) is 14.5. The molecule has 0 fully saturated rings. The molecule has 20 heavy (non-hydrogen) atoms. The van der Waals surface area contributed by atoms with Gasteiger partial charge in [-0.2, -0.15) is 0 Å². The number of rotatable bonds is 5. The van der Waals surface area contributed by atoms with E-state index in [-0.39, 0.29) is 5.91 Å². The Hall–Kier alpha value is -1.65. The van der Waals surface area contributed by atoms with Crippen LogP contribution in [0, 0.1) is 13.8 Å². The molecule has 2 rings (SSSR count). The van der Waals surface area contributed by atoms with E-state index in [2.05, 4.69) is 5.32 Å². The molecule has 1 aromatic carbocycles. The van der Waals surface area contributed by atoms with E-state index in [0.717, 1.165) is 21.7 Å². The van der Waals surface area contributed by atoms with Gasteiger partial charge >= 0.3 is 0 Å². The number of hydrogen-bond donors (Lipinski definition) is 1. The number of nitrogens with one attached hydrogen (secondary N) is 1. The fraction of sp³-hybridized carbons (Fsp3) is 0.312. The van der Waals surface area contributed by atoms with Crippen LogP contribution in [0.15, 0.2) is 30.3 Å². The minimum atomic E-state index is -0.0600. The predicted molar refractivity (Wildman–Crippen MR) is 83.5 cm³/mol. The summed E-state index contributed by atoms with van der Waals surface area (Å²) in [6.45, 7) is 7.17. The lowest BCUT2D eigenvalue weighted by molar-refractivity contribution is 0.102. The molecule has 2 aromatic rings. The van der Waals surface area contributed by atoms with Crippen molar-refractivity contribution in [3.63, 3.8) is 0 Å². The standard InChI is InChI=1S/C16H19NO2S/c1-4-19-10-13-7-5-6-8-14(13)17-16(18)15-9-11(2)12(3)20-15/h5-9H,4,10H2,1-3H3,(H,17,18). The van der Waals surface area contributed by atoms with Crippen molar-refractivity contribution in [3.05, 3.63) is 51.2 Å². The van der Waals surface area contributed by atoms with Crippen LogP contribution < -0.4 is 5.32 Å². The van der Waals surface area contributed by atoms with Crippen molar-refractivity contribution in [2.45, 2.75) is 27.4 Å². The number of hydrogen-bond acceptors (Lipinski definition) is 3. The van der Waals surface area contributed by atoms with E-state index in [1.54, 1.807) is 0 Å². The molecule has 0 bridgehead atoms. The minimum absolute atomic E-state index is 0.0600. The topological polar surface area (TPSA) is 38.3 Å². The van der Waals surface area contributed by atoms with Gasteiger partial charge in [-0.15, -0.1) is 11.3 Å². The van der Waals surface area contributed by atoms with Crippen LogP contribution in [0.5, 0.6) is 0 Å². The first-order valence-corrected chi connectivity index (χ1v) is 7.47. The van der Waals surface area contributed by atoms with Crippen LogP contribution in [-0.2, 0) is 11.3 Å². The number of carbonyl (C=O) groups is 1. The molecule has 1 aromatic heterocycles. The summed E-state index contributed by atoms with van der Waals surface area (Å²) in [6.07, 6.45) is 0. The number of ether oxygens (including phenoxy) is 1. The van der Waals surface area contributed by atoms with Gasteiger partial charge in [0.15, 0.2) is 0 Å². The van der Waals surface area contributed by atoms with Crippen molar-refractivity contribution in [1.29, 1.82) is 0 Å². The summed E-state index contributed by atoms with van der Waals surface area (Å²) in [4.78, 5) is 14.2. The Bertz CT molecular complexity index is 585. The van der Waals surface area contributed by atoms with E-state index >= 15 is 0 Å². The van der Waals surface area contributed by atoms with Crippen LogP contribution in [0.3, 0.4) is 0 Å². The Kier molecular flexibility index (Phi) is 4.93. The first kappa shape index (κ1) is 14.8.